The third kappa shape index (κ3) is 3.37. The molecule has 0 bridgehead atoms. The van der Waals surface area contributed by atoms with E-state index in [1.54, 1.807) is 0 Å². The van der Waals surface area contributed by atoms with Gasteiger partial charge in [-0.2, -0.15) is 13.2 Å². The lowest BCUT2D eigenvalue weighted by Crippen LogP contribution is -2.38. The Bertz CT molecular complexity index is 420. The number of nitrogens with one attached hydrogen (secondary N) is 1. The Kier molecular flexibility index (Phi) is 4.29. The van der Waals surface area contributed by atoms with Crippen LogP contribution in [0.4, 0.5) is 19.0 Å². The first-order valence-corrected chi connectivity index (χ1v) is 6.53. The maximum atomic E-state index is 12.7. The fourth-order valence-electron chi connectivity index (χ4n) is 2.41. The molecule has 0 aliphatic carbocycles. The normalized spacial score (nSPS) is 20.0. The number of anilines is 1. The second-order valence-electron chi connectivity index (χ2n) is 4.70. The Labute approximate surface area is 110 Å². The molecule has 2 heterocycles. The Hall–Kier alpha value is -1.30. The lowest BCUT2D eigenvalue weighted by atomic mass is 10.2. The highest BCUT2D eigenvalue weighted by Crippen LogP contribution is 2.32. The van der Waals surface area contributed by atoms with Gasteiger partial charge < -0.3 is 10.2 Å². The van der Waals surface area contributed by atoms with Crippen molar-refractivity contribution >= 4 is 5.82 Å². The summed E-state index contributed by atoms with van der Waals surface area (Å²) >= 11 is 0. The summed E-state index contributed by atoms with van der Waals surface area (Å²) in [4.78, 5) is 6.06. The van der Waals surface area contributed by atoms with Gasteiger partial charge in [-0.05, 0) is 31.5 Å². The van der Waals surface area contributed by atoms with Crippen LogP contribution in [-0.2, 0) is 6.18 Å². The molecule has 1 aromatic heterocycles. The Balaban J connectivity index is 2.16. The third-order valence-corrected chi connectivity index (χ3v) is 3.37. The van der Waals surface area contributed by atoms with Gasteiger partial charge in [0.25, 0.3) is 0 Å². The van der Waals surface area contributed by atoms with Crippen molar-refractivity contribution in [3.63, 3.8) is 0 Å². The van der Waals surface area contributed by atoms with Crippen molar-refractivity contribution in [3.8, 4) is 0 Å². The van der Waals surface area contributed by atoms with Crippen LogP contribution in [-0.4, -0.2) is 30.7 Å². The summed E-state index contributed by atoms with van der Waals surface area (Å²) in [7, 11) is 0. The number of nitrogens with zero attached hydrogens (tertiary/aromatic N) is 2. The molecule has 1 saturated heterocycles. The van der Waals surface area contributed by atoms with Crippen molar-refractivity contribution in [1.29, 1.82) is 0 Å². The van der Waals surface area contributed by atoms with Crippen LogP contribution >= 0.6 is 0 Å². The van der Waals surface area contributed by atoms with Crippen LogP contribution in [0.3, 0.4) is 0 Å². The van der Waals surface area contributed by atoms with Crippen LogP contribution in [0, 0.1) is 0 Å². The highest BCUT2D eigenvalue weighted by molar-refractivity contribution is 5.44. The maximum Gasteiger partial charge on any atom is 0.416 e. The largest absolute Gasteiger partial charge is 0.416 e. The van der Waals surface area contributed by atoms with E-state index in [-0.39, 0.29) is 6.04 Å². The lowest BCUT2D eigenvalue weighted by molar-refractivity contribution is -0.137. The Morgan fingerprint density at radius 1 is 1.47 bits per heavy atom. The molecule has 1 fully saturated rings. The van der Waals surface area contributed by atoms with E-state index in [0.29, 0.717) is 5.82 Å². The minimum Gasteiger partial charge on any atom is -0.352 e. The number of alkyl halides is 3. The standard InChI is InChI=1S/C13H18F3N3/c1-2-17-9-11-4-3-7-19(11)12-8-10(5-6-18-12)13(14,15)16/h5-6,8,11,17H,2-4,7,9H2,1H3. The van der Waals surface area contributed by atoms with Gasteiger partial charge in [-0.1, -0.05) is 6.92 Å². The number of pyridine rings is 1. The molecule has 1 aromatic rings. The van der Waals surface area contributed by atoms with Crippen LogP contribution in [0.15, 0.2) is 18.3 Å². The molecular weight excluding hydrogens is 255 g/mol. The van der Waals surface area contributed by atoms with Crippen LogP contribution in [0.5, 0.6) is 0 Å². The molecule has 1 atom stereocenters. The first-order valence-electron chi connectivity index (χ1n) is 6.53. The third-order valence-electron chi connectivity index (χ3n) is 3.37. The predicted octanol–water partition coefficient (Wildman–Crippen LogP) is 2.68. The summed E-state index contributed by atoms with van der Waals surface area (Å²) < 4.78 is 38.1. The molecule has 3 nitrogen and oxygen atoms in total. The van der Waals surface area contributed by atoms with Crippen LogP contribution < -0.4 is 10.2 Å². The van der Waals surface area contributed by atoms with Gasteiger partial charge in [0.2, 0.25) is 0 Å². The molecule has 106 valence electrons. The second kappa shape index (κ2) is 5.77. The van der Waals surface area contributed by atoms with E-state index in [4.69, 9.17) is 0 Å². The quantitative estimate of drug-likeness (QED) is 0.914. The summed E-state index contributed by atoms with van der Waals surface area (Å²) in [6, 6.07) is 2.39. The molecule has 6 heteroatoms. The molecule has 0 amide bonds. The molecule has 0 aromatic carbocycles. The molecule has 2 rings (SSSR count). The van der Waals surface area contributed by atoms with E-state index in [2.05, 4.69) is 10.3 Å². The maximum absolute atomic E-state index is 12.7. The summed E-state index contributed by atoms with van der Waals surface area (Å²) in [5.74, 6) is 0.426. The second-order valence-corrected chi connectivity index (χ2v) is 4.70. The van der Waals surface area contributed by atoms with Crippen molar-refractivity contribution in [2.75, 3.05) is 24.5 Å². The smallest absolute Gasteiger partial charge is 0.352 e. The number of aromatic nitrogens is 1. The number of rotatable bonds is 4. The zero-order chi connectivity index (χ0) is 13.9. The average Bonchev–Trinajstić information content (AvgIpc) is 2.83. The molecule has 1 aliphatic heterocycles. The lowest BCUT2D eigenvalue weighted by Gasteiger charge is -2.26. The molecular formula is C13H18F3N3. The van der Waals surface area contributed by atoms with Crippen LogP contribution in [0.25, 0.3) is 0 Å². The average molecular weight is 273 g/mol. The Morgan fingerprint density at radius 2 is 2.26 bits per heavy atom. The van der Waals surface area contributed by atoms with E-state index in [0.717, 1.165) is 44.6 Å². The van der Waals surface area contributed by atoms with E-state index in [9.17, 15) is 13.2 Å². The fraction of sp³-hybridized carbons (Fsp3) is 0.615. The van der Waals surface area contributed by atoms with Gasteiger partial charge in [-0.15, -0.1) is 0 Å². The number of hydrogen-bond donors (Lipinski definition) is 1. The number of hydrogen-bond acceptors (Lipinski definition) is 3. The van der Waals surface area contributed by atoms with E-state index in [1.807, 2.05) is 11.8 Å². The van der Waals surface area contributed by atoms with Crippen molar-refractivity contribution < 1.29 is 13.2 Å². The molecule has 0 saturated carbocycles. The topological polar surface area (TPSA) is 28.2 Å². The van der Waals surface area contributed by atoms with Crippen molar-refractivity contribution in [1.82, 2.24) is 10.3 Å². The molecule has 1 aliphatic rings. The van der Waals surface area contributed by atoms with Gasteiger partial charge in [0, 0.05) is 25.3 Å². The summed E-state index contributed by atoms with van der Waals surface area (Å²) in [6.45, 7) is 4.43. The predicted molar refractivity (Wildman–Crippen MR) is 68.2 cm³/mol. The SMILES string of the molecule is CCNCC1CCCN1c1cc(C(F)(F)F)ccn1. The highest BCUT2D eigenvalue weighted by Gasteiger charge is 2.32. The minimum absolute atomic E-state index is 0.232. The van der Waals surface area contributed by atoms with E-state index >= 15 is 0 Å². The first kappa shape index (κ1) is 14.1. The summed E-state index contributed by atoms with van der Waals surface area (Å²) in [5.41, 5.74) is -0.633. The van der Waals surface area contributed by atoms with Gasteiger partial charge >= 0.3 is 6.18 Å². The molecule has 0 radical (unpaired) electrons. The zero-order valence-corrected chi connectivity index (χ0v) is 10.9. The molecule has 1 N–H and O–H groups in total. The van der Waals surface area contributed by atoms with Gasteiger partial charge in [-0.25, -0.2) is 4.98 Å². The van der Waals surface area contributed by atoms with Gasteiger partial charge in [0.1, 0.15) is 5.82 Å². The van der Waals surface area contributed by atoms with Crippen LogP contribution in [0.2, 0.25) is 0 Å². The van der Waals surface area contributed by atoms with Gasteiger partial charge in [0.15, 0.2) is 0 Å². The minimum atomic E-state index is -4.31. The number of likely N-dealkylation sites (N-methyl/N-ethyl adjacent to an activating group) is 1. The van der Waals surface area contributed by atoms with E-state index in [1.165, 1.54) is 6.20 Å². The van der Waals surface area contributed by atoms with Crippen molar-refractivity contribution in [3.05, 3.63) is 23.9 Å². The summed E-state index contributed by atoms with van der Waals surface area (Å²) in [6.07, 6.45) is -1.09. The highest BCUT2D eigenvalue weighted by atomic mass is 19.4. The zero-order valence-electron chi connectivity index (χ0n) is 10.9. The fourth-order valence-corrected chi connectivity index (χ4v) is 2.41. The van der Waals surface area contributed by atoms with Gasteiger partial charge in [-0.3, -0.25) is 0 Å². The number of halogens is 3. The monoisotopic (exact) mass is 273 g/mol. The van der Waals surface area contributed by atoms with E-state index < -0.39 is 11.7 Å². The summed E-state index contributed by atoms with van der Waals surface area (Å²) in [5, 5.41) is 3.24. The first-order chi connectivity index (χ1) is 9.02. The Morgan fingerprint density at radius 3 is 2.95 bits per heavy atom. The van der Waals surface area contributed by atoms with Gasteiger partial charge in [0.05, 0.1) is 5.56 Å². The van der Waals surface area contributed by atoms with Crippen molar-refractivity contribution in [2.24, 2.45) is 0 Å². The van der Waals surface area contributed by atoms with Crippen LogP contribution in [0.1, 0.15) is 25.3 Å². The molecule has 0 spiro atoms. The molecule has 19 heavy (non-hydrogen) atoms. The molecule has 1 unspecified atom stereocenters. The van der Waals surface area contributed by atoms with Crippen molar-refractivity contribution in [2.45, 2.75) is 32.0 Å².